The first kappa shape index (κ1) is 23.7. The summed E-state index contributed by atoms with van der Waals surface area (Å²) in [4.78, 5) is 2.43. The molecule has 0 aromatic heterocycles. The van der Waals surface area contributed by atoms with Crippen molar-refractivity contribution in [2.75, 3.05) is 26.7 Å². The van der Waals surface area contributed by atoms with Gasteiger partial charge in [-0.05, 0) is 42.8 Å². The zero-order chi connectivity index (χ0) is 18.8. The van der Waals surface area contributed by atoms with E-state index in [1.165, 1.54) is 38.5 Å². The van der Waals surface area contributed by atoms with Gasteiger partial charge in [-0.15, -0.1) is 12.4 Å². The van der Waals surface area contributed by atoms with Gasteiger partial charge in [0.25, 0.3) is 0 Å². The third kappa shape index (κ3) is 6.99. The molecule has 2 rings (SSSR count). The minimum atomic E-state index is -0.542. The van der Waals surface area contributed by atoms with E-state index in [0.29, 0.717) is 6.54 Å². The van der Waals surface area contributed by atoms with Crippen molar-refractivity contribution < 1.29 is 9.84 Å². The Bertz CT molecular complexity index is 652. The van der Waals surface area contributed by atoms with Crippen LogP contribution in [0.25, 0.3) is 10.8 Å². The van der Waals surface area contributed by atoms with E-state index in [1.807, 2.05) is 18.2 Å². The molecule has 3 nitrogen and oxygen atoms in total. The maximum absolute atomic E-state index is 11.1. The highest BCUT2D eigenvalue weighted by Gasteiger charge is 2.19. The van der Waals surface area contributed by atoms with Crippen LogP contribution in [0.15, 0.2) is 36.4 Å². The zero-order valence-electron chi connectivity index (χ0n) is 17.1. The summed E-state index contributed by atoms with van der Waals surface area (Å²) in [5, 5.41) is 13.3. The SMILES string of the molecule is CCCCCN(CCCCC)CC(O)c1c(OC)ccc2ccccc12.Cl. The van der Waals surface area contributed by atoms with Crippen LogP contribution in [0.5, 0.6) is 5.75 Å². The predicted molar refractivity (Wildman–Crippen MR) is 118 cm³/mol. The van der Waals surface area contributed by atoms with E-state index < -0.39 is 6.10 Å². The molecule has 2 aromatic carbocycles. The summed E-state index contributed by atoms with van der Waals surface area (Å²) in [6.07, 6.45) is 6.80. The number of nitrogens with zero attached hydrogens (tertiary/aromatic N) is 1. The van der Waals surface area contributed by atoms with Gasteiger partial charge in [-0.2, -0.15) is 0 Å². The van der Waals surface area contributed by atoms with Crippen LogP contribution in [0.3, 0.4) is 0 Å². The van der Waals surface area contributed by atoms with Crippen LogP contribution in [0, 0.1) is 0 Å². The van der Waals surface area contributed by atoms with E-state index in [9.17, 15) is 5.11 Å². The van der Waals surface area contributed by atoms with Crippen LogP contribution >= 0.6 is 12.4 Å². The first-order valence-corrected chi connectivity index (χ1v) is 10.2. The average Bonchev–Trinajstić information content (AvgIpc) is 2.67. The minimum absolute atomic E-state index is 0. The lowest BCUT2D eigenvalue weighted by molar-refractivity contribution is 0.109. The van der Waals surface area contributed by atoms with E-state index in [-0.39, 0.29) is 12.4 Å². The highest BCUT2D eigenvalue weighted by atomic mass is 35.5. The van der Waals surface area contributed by atoms with Gasteiger partial charge < -0.3 is 14.7 Å². The fourth-order valence-corrected chi connectivity index (χ4v) is 3.60. The number of hydrogen-bond donors (Lipinski definition) is 1. The van der Waals surface area contributed by atoms with Gasteiger partial charge in [0.2, 0.25) is 0 Å². The van der Waals surface area contributed by atoms with Crippen molar-refractivity contribution in [3.05, 3.63) is 42.0 Å². The van der Waals surface area contributed by atoms with E-state index in [2.05, 4.69) is 36.9 Å². The molecule has 2 aromatic rings. The van der Waals surface area contributed by atoms with E-state index in [0.717, 1.165) is 35.2 Å². The second-order valence-electron chi connectivity index (χ2n) is 7.13. The summed E-state index contributed by atoms with van der Waals surface area (Å²) >= 11 is 0. The molecular weight excluding hydrogens is 358 g/mol. The van der Waals surface area contributed by atoms with Gasteiger partial charge in [-0.3, -0.25) is 0 Å². The molecule has 152 valence electrons. The Kier molecular flexibility index (Phi) is 11.4. The average molecular weight is 394 g/mol. The molecule has 1 unspecified atom stereocenters. The molecule has 1 N–H and O–H groups in total. The van der Waals surface area contributed by atoms with Crippen LogP contribution in [0.4, 0.5) is 0 Å². The normalized spacial score (nSPS) is 12.2. The number of unbranched alkanes of at least 4 members (excludes halogenated alkanes) is 4. The van der Waals surface area contributed by atoms with Crippen molar-refractivity contribution in [1.82, 2.24) is 4.90 Å². The van der Waals surface area contributed by atoms with Gasteiger partial charge in [-0.25, -0.2) is 0 Å². The summed E-state index contributed by atoms with van der Waals surface area (Å²) < 4.78 is 5.57. The van der Waals surface area contributed by atoms with Gasteiger partial charge >= 0.3 is 0 Å². The van der Waals surface area contributed by atoms with Gasteiger partial charge in [0, 0.05) is 12.1 Å². The second kappa shape index (κ2) is 13.0. The Labute approximate surface area is 171 Å². The summed E-state index contributed by atoms with van der Waals surface area (Å²) in [7, 11) is 1.68. The first-order valence-electron chi connectivity index (χ1n) is 10.2. The molecule has 0 aliphatic heterocycles. The number of rotatable bonds is 12. The molecule has 0 saturated carbocycles. The number of benzene rings is 2. The number of fused-ring (bicyclic) bond motifs is 1. The Morgan fingerprint density at radius 1 is 0.926 bits per heavy atom. The highest BCUT2D eigenvalue weighted by molar-refractivity contribution is 5.88. The Morgan fingerprint density at radius 3 is 2.15 bits per heavy atom. The molecule has 0 aliphatic carbocycles. The minimum Gasteiger partial charge on any atom is -0.496 e. The Morgan fingerprint density at radius 2 is 1.56 bits per heavy atom. The van der Waals surface area contributed by atoms with Crippen molar-refractivity contribution in [1.29, 1.82) is 0 Å². The molecule has 0 bridgehead atoms. The molecule has 1 atom stereocenters. The molecule has 4 heteroatoms. The Hall–Kier alpha value is -1.29. The molecular formula is C23H36ClNO2. The number of aliphatic hydroxyl groups is 1. The molecule has 0 amide bonds. The largest absolute Gasteiger partial charge is 0.496 e. The number of ether oxygens (including phenoxy) is 1. The van der Waals surface area contributed by atoms with Gasteiger partial charge in [0.15, 0.2) is 0 Å². The number of hydrogen-bond acceptors (Lipinski definition) is 3. The van der Waals surface area contributed by atoms with Crippen molar-refractivity contribution in [3.63, 3.8) is 0 Å². The molecule has 0 heterocycles. The molecule has 0 saturated heterocycles. The molecule has 0 fully saturated rings. The third-order valence-corrected chi connectivity index (χ3v) is 5.07. The Balaban J connectivity index is 0.00000364. The summed E-state index contributed by atoms with van der Waals surface area (Å²) in [5.74, 6) is 0.776. The monoisotopic (exact) mass is 393 g/mol. The smallest absolute Gasteiger partial charge is 0.125 e. The van der Waals surface area contributed by atoms with Crippen molar-refractivity contribution in [2.24, 2.45) is 0 Å². The van der Waals surface area contributed by atoms with Gasteiger partial charge in [-0.1, -0.05) is 69.9 Å². The molecule has 0 aliphatic rings. The van der Waals surface area contributed by atoms with Crippen LogP contribution in [0.2, 0.25) is 0 Å². The number of halogens is 1. The highest BCUT2D eigenvalue weighted by Crippen LogP contribution is 2.33. The lowest BCUT2D eigenvalue weighted by Crippen LogP contribution is -2.31. The van der Waals surface area contributed by atoms with Crippen LogP contribution < -0.4 is 4.74 Å². The second-order valence-corrected chi connectivity index (χ2v) is 7.13. The molecule has 0 radical (unpaired) electrons. The first-order chi connectivity index (χ1) is 12.7. The van der Waals surface area contributed by atoms with Crippen molar-refractivity contribution in [2.45, 2.75) is 58.5 Å². The standard InChI is InChI=1S/C23H35NO2.ClH/c1-4-6-10-16-24(17-11-7-5-2)18-21(25)23-20-13-9-8-12-19(20)14-15-22(23)26-3;/h8-9,12-15,21,25H,4-7,10-11,16-18H2,1-3H3;1H. The fourth-order valence-electron chi connectivity index (χ4n) is 3.60. The summed E-state index contributed by atoms with van der Waals surface area (Å²) in [6.45, 7) is 7.25. The maximum Gasteiger partial charge on any atom is 0.125 e. The topological polar surface area (TPSA) is 32.7 Å². The van der Waals surface area contributed by atoms with Crippen LogP contribution in [0.1, 0.15) is 64.0 Å². The molecule has 27 heavy (non-hydrogen) atoms. The van der Waals surface area contributed by atoms with E-state index in [1.54, 1.807) is 7.11 Å². The fraction of sp³-hybridized carbons (Fsp3) is 0.565. The zero-order valence-corrected chi connectivity index (χ0v) is 17.9. The van der Waals surface area contributed by atoms with Crippen LogP contribution in [-0.4, -0.2) is 36.8 Å². The lowest BCUT2D eigenvalue weighted by atomic mass is 9.98. The lowest BCUT2D eigenvalue weighted by Gasteiger charge is -2.26. The number of aliphatic hydroxyl groups excluding tert-OH is 1. The molecule has 0 spiro atoms. The van der Waals surface area contributed by atoms with E-state index in [4.69, 9.17) is 4.74 Å². The van der Waals surface area contributed by atoms with Crippen molar-refractivity contribution >= 4 is 23.2 Å². The van der Waals surface area contributed by atoms with Crippen LogP contribution in [-0.2, 0) is 0 Å². The van der Waals surface area contributed by atoms with Gasteiger partial charge in [0.05, 0.1) is 13.2 Å². The summed E-state index contributed by atoms with van der Waals surface area (Å²) in [6, 6.07) is 12.3. The summed E-state index contributed by atoms with van der Waals surface area (Å²) in [5.41, 5.74) is 0.918. The van der Waals surface area contributed by atoms with E-state index >= 15 is 0 Å². The van der Waals surface area contributed by atoms with Gasteiger partial charge in [0.1, 0.15) is 5.75 Å². The number of methoxy groups -OCH3 is 1. The van der Waals surface area contributed by atoms with Crippen molar-refractivity contribution in [3.8, 4) is 5.75 Å². The third-order valence-electron chi connectivity index (χ3n) is 5.07. The maximum atomic E-state index is 11.1. The quantitative estimate of drug-likeness (QED) is 0.450. The predicted octanol–water partition coefficient (Wildman–Crippen LogP) is 5.99.